The van der Waals surface area contributed by atoms with Gasteiger partial charge in [0, 0.05) is 18.7 Å². The third kappa shape index (κ3) is 3.49. The van der Waals surface area contributed by atoms with E-state index in [0.717, 1.165) is 24.3 Å². The SMILES string of the molecule is Nc1ccc(CCN2CCCCCC2)nc1. The summed E-state index contributed by atoms with van der Waals surface area (Å²) in [4.78, 5) is 6.89. The number of pyridine rings is 1. The van der Waals surface area contributed by atoms with Crippen LogP contribution in [0.15, 0.2) is 18.3 Å². The van der Waals surface area contributed by atoms with E-state index in [4.69, 9.17) is 5.73 Å². The summed E-state index contributed by atoms with van der Waals surface area (Å²) in [6.07, 6.45) is 8.30. The second-order valence-corrected chi connectivity index (χ2v) is 4.59. The number of nitrogen functional groups attached to an aromatic ring is 1. The molecule has 0 bridgehead atoms. The first kappa shape index (κ1) is 11.4. The van der Waals surface area contributed by atoms with E-state index in [1.807, 2.05) is 12.1 Å². The Morgan fingerprint density at radius 2 is 1.88 bits per heavy atom. The second-order valence-electron chi connectivity index (χ2n) is 4.59. The molecule has 0 unspecified atom stereocenters. The zero-order chi connectivity index (χ0) is 11.2. The van der Waals surface area contributed by atoms with Crippen LogP contribution in [0, 0.1) is 0 Å². The lowest BCUT2D eigenvalue weighted by molar-refractivity contribution is 0.288. The number of nitrogens with two attached hydrogens (primary N) is 1. The highest BCUT2D eigenvalue weighted by Gasteiger charge is 2.08. The van der Waals surface area contributed by atoms with Crippen molar-refractivity contribution in [1.29, 1.82) is 0 Å². The molecule has 1 fully saturated rings. The van der Waals surface area contributed by atoms with Gasteiger partial charge in [-0.05, 0) is 38.1 Å². The molecular weight excluding hydrogens is 198 g/mol. The molecule has 1 aliphatic heterocycles. The van der Waals surface area contributed by atoms with Crippen LogP contribution in [0.4, 0.5) is 5.69 Å². The molecule has 0 spiro atoms. The molecule has 3 heteroatoms. The van der Waals surface area contributed by atoms with Gasteiger partial charge in [0.1, 0.15) is 0 Å². The van der Waals surface area contributed by atoms with Crippen LogP contribution < -0.4 is 5.73 Å². The average molecular weight is 219 g/mol. The van der Waals surface area contributed by atoms with Gasteiger partial charge in [-0.15, -0.1) is 0 Å². The van der Waals surface area contributed by atoms with Crippen molar-refractivity contribution in [2.45, 2.75) is 32.1 Å². The molecule has 0 amide bonds. The van der Waals surface area contributed by atoms with Crippen molar-refractivity contribution in [3.8, 4) is 0 Å². The van der Waals surface area contributed by atoms with Crippen molar-refractivity contribution in [3.63, 3.8) is 0 Å². The van der Waals surface area contributed by atoms with Crippen LogP contribution in [0.5, 0.6) is 0 Å². The molecule has 0 radical (unpaired) electrons. The van der Waals surface area contributed by atoms with Gasteiger partial charge in [-0.1, -0.05) is 12.8 Å². The second kappa shape index (κ2) is 5.85. The molecule has 1 aromatic heterocycles. The van der Waals surface area contributed by atoms with Gasteiger partial charge in [-0.25, -0.2) is 0 Å². The Morgan fingerprint density at radius 1 is 1.12 bits per heavy atom. The summed E-state index contributed by atoms with van der Waals surface area (Å²) in [5, 5.41) is 0. The zero-order valence-corrected chi connectivity index (χ0v) is 9.86. The normalized spacial score (nSPS) is 18.2. The van der Waals surface area contributed by atoms with Crippen LogP contribution in [0.1, 0.15) is 31.4 Å². The Labute approximate surface area is 97.7 Å². The van der Waals surface area contributed by atoms with Crippen molar-refractivity contribution in [2.24, 2.45) is 0 Å². The molecule has 0 atom stereocenters. The van der Waals surface area contributed by atoms with Gasteiger partial charge in [0.15, 0.2) is 0 Å². The van der Waals surface area contributed by atoms with Crippen LogP contribution in [0.25, 0.3) is 0 Å². The summed E-state index contributed by atoms with van der Waals surface area (Å²) >= 11 is 0. The van der Waals surface area contributed by atoms with E-state index >= 15 is 0 Å². The fraction of sp³-hybridized carbons (Fsp3) is 0.615. The minimum Gasteiger partial charge on any atom is -0.397 e. The number of rotatable bonds is 3. The number of anilines is 1. The van der Waals surface area contributed by atoms with Gasteiger partial charge in [0.05, 0.1) is 11.9 Å². The molecule has 3 nitrogen and oxygen atoms in total. The molecule has 0 aliphatic carbocycles. The van der Waals surface area contributed by atoms with Crippen molar-refractivity contribution >= 4 is 5.69 Å². The van der Waals surface area contributed by atoms with Crippen molar-refractivity contribution < 1.29 is 0 Å². The Hall–Kier alpha value is -1.09. The van der Waals surface area contributed by atoms with Crippen molar-refractivity contribution in [3.05, 3.63) is 24.0 Å². The number of hydrogen-bond acceptors (Lipinski definition) is 3. The molecule has 0 aromatic carbocycles. The highest BCUT2D eigenvalue weighted by atomic mass is 15.1. The maximum absolute atomic E-state index is 5.61. The predicted octanol–water partition coefficient (Wildman–Crippen LogP) is 2.08. The fourth-order valence-corrected chi connectivity index (χ4v) is 2.22. The topological polar surface area (TPSA) is 42.1 Å². The summed E-state index contributed by atoms with van der Waals surface area (Å²) in [6, 6.07) is 3.97. The van der Waals surface area contributed by atoms with Crippen LogP contribution in [-0.4, -0.2) is 29.5 Å². The largest absolute Gasteiger partial charge is 0.397 e. The first-order valence-electron chi connectivity index (χ1n) is 6.27. The monoisotopic (exact) mass is 219 g/mol. The van der Waals surface area contributed by atoms with E-state index in [-0.39, 0.29) is 0 Å². The van der Waals surface area contributed by atoms with Crippen LogP contribution in [-0.2, 0) is 6.42 Å². The van der Waals surface area contributed by atoms with E-state index in [0.29, 0.717) is 0 Å². The predicted molar refractivity (Wildman–Crippen MR) is 67.3 cm³/mol. The van der Waals surface area contributed by atoms with E-state index in [1.54, 1.807) is 6.20 Å². The minimum atomic E-state index is 0.749. The molecule has 0 saturated carbocycles. The number of nitrogens with zero attached hydrogens (tertiary/aromatic N) is 2. The van der Waals surface area contributed by atoms with Gasteiger partial charge < -0.3 is 10.6 Å². The molecule has 2 rings (SSSR count). The third-order valence-electron chi connectivity index (χ3n) is 3.23. The minimum absolute atomic E-state index is 0.749. The summed E-state index contributed by atoms with van der Waals surface area (Å²) in [5.74, 6) is 0. The highest BCUT2D eigenvalue weighted by Crippen LogP contribution is 2.10. The molecule has 1 saturated heterocycles. The van der Waals surface area contributed by atoms with Crippen LogP contribution in [0.2, 0.25) is 0 Å². The average Bonchev–Trinajstić information content (AvgIpc) is 2.57. The summed E-state index contributed by atoms with van der Waals surface area (Å²) in [7, 11) is 0. The lowest BCUT2D eigenvalue weighted by Gasteiger charge is -2.19. The fourth-order valence-electron chi connectivity index (χ4n) is 2.22. The maximum Gasteiger partial charge on any atom is 0.0501 e. The molecule has 1 aliphatic rings. The van der Waals surface area contributed by atoms with Crippen molar-refractivity contribution in [2.75, 3.05) is 25.4 Å². The van der Waals surface area contributed by atoms with Gasteiger partial charge in [-0.2, -0.15) is 0 Å². The Balaban J connectivity index is 1.79. The van der Waals surface area contributed by atoms with Gasteiger partial charge >= 0.3 is 0 Å². The smallest absolute Gasteiger partial charge is 0.0501 e. The Morgan fingerprint density at radius 3 is 2.50 bits per heavy atom. The zero-order valence-electron chi connectivity index (χ0n) is 9.86. The summed E-state index contributed by atoms with van der Waals surface area (Å²) in [5.41, 5.74) is 7.51. The number of hydrogen-bond donors (Lipinski definition) is 1. The molecule has 2 heterocycles. The summed E-state index contributed by atoms with van der Waals surface area (Å²) in [6.45, 7) is 3.65. The quantitative estimate of drug-likeness (QED) is 0.846. The maximum atomic E-state index is 5.61. The van der Waals surface area contributed by atoms with E-state index in [2.05, 4.69) is 9.88 Å². The Kier molecular flexibility index (Phi) is 4.17. The third-order valence-corrected chi connectivity index (χ3v) is 3.23. The summed E-state index contributed by atoms with van der Waals surface area (Å²) < 4.78 is 0. The van der Waals surface area contributed by atoms with Gasteiger partial charge in [-0.3, -0.25) is 4.98 Å². The number of likely N-dealkylation sites (tertiary alicyclic amines) is 1. The van der Waals surface area contributed by atoms with E-state index < -0.39 is 0 Å². The van der Waals surface area contributed by atoms with Gasteiger partial charge in [0.25, 0.3) is 0 Å². The van der Waals surface area contributed by atoms with Crippen LogP contribution >= 0.6 is 0 Å². The molecule has 2 N–H and O–H groups in total. The lowest BCUT2D eigenvalue weighted by Crippen LogP contribution is -2.27. The Bertz CT molecular complexity index is 299. The van der Waals surface area contributed by atoms with Gasteiger partial charge in [0.2, 0.25) is 0 Å². The standard InChI is InChI=1S/C13H21N3/c14-12-5-6-13(15-11-12)7-10-16-8-3-1-2-4-9-16/h5-6,11H,1-4,7-10,14H2. The molecular formula is C13H21N3. The van der Waals surface area contributed by atoms with E-state index in [9.17, 15) is 0 Å². The van der Waals surface area contributed by atoms with Crippen LogP contribution in [0.3, 0.4) is 0 Å². The molecule has 88 valence electrons. The first-order chi connectivity index (χ1) is 7.84. The number of aromatic nitrogens is 1. The lowest BCUT2D eigenvalue weighted by atomic mass is 10.2. The van der Waals surface area contributed by atoms with E-state index in [1.165, 1.54) is 38.8 Å². The molecule has 1 aromatic rings. The first-order valence-corrected chi connectivity index (χ1v) is 6.27. The molecule has 16 heavy (non-hydrogen) atoms. The highest BCUT2D eigenvalue weighted by molar-refractivity contribution is 5.34. The van der Waals surface area contributed by atoms with Crippen molar-refractivity contribution in [1.82, 2.24) is 9.88 Å².